The van der Waals surface area contributed by atoms with Gasteiger partial charge in [0.15, 0.2) is 6.61 Å². The second-order valence-electron chi connectivity index (χ2n) is 7.69. The molecular weight excluding hydrogens is 358 g/mol. The van der Waals surface area contributed by atoms with Gasteiger partial charge in [0.2, 0.25) is 0 Å². The molecule has 1 aromatic rings. The Morgan fingerprint density at radius 3 is 2.14 bits per heavy atom. The Balaban J connectivity index is 2.38. The molecule has 3 amide bonds. The molecule has 1 rings (SSSR count). The number of carbonyl (C=O) groups excluding carboxylic acids is 3. The van der Waals surface area contributed by atoms with Gasteiger partial charge in [-0.25, -0.2) is 9.59 Å². The number of benzene rings is 1. The fourth-order valence-electron chi connectivity index (χ4n) is 2.44. The van der Waals surface area contributed by atoms with Crippen LogP contribution in [0, 0.1) is 5.92 Å². The summed E-state index contributed by atoms with van der Waals surface area (Å²) >= 11 is 0. The second kappa shape index (κ2) is 12.0. The number of hydrogen-bond donors (Lipinski definition) is 3. The first-order valence-corrected chi connectivity index (χ1v) is 9.77. The van der Waals surface area contributed by atoms with Gasteiger partial charge in [0, 0.05) is 18.6 Å². The first-order chi connectivity index (χ1) is 13.2. The van der Waals surface area contributed by atoms with E-state index in [2.05, 4.69) is 29.8 Å². The third kappa shape index (κ3) is 9.94. The van der Waals surface area contributed by atoms with Crippen LogP contribution in [-0.2, 0) is 16.1 Å². The molecule has 0 heterocycles. The van der Waals surface area contributed by atoms with Gasteiger partial charge >= 0.3 is 12.0 Å². The molecule has 0 fully saturated rings. The van der Waals surface area contributed by atoms with Crippen molar-refractivity contribution in [3.63, 3.8) is 0 Å². The molecule has 3 N–H and O–H groups in total. The zero-order chi connectivity index (χ0) is 21.1. The van der Waals surface area contributed by atoms with Gasteiger partial charge in [0.05, 0.1) is 5.56 Å². The average Bonchev–Trinajstić information content (AvgIpc) is 2.62. The fourth-order valence-corrected chi connectivity index (χ4v) is 2.44. The quantitative estimate of drug-likeness (QED) is 0.534. The molecule has 0 aliphatic rings. The first-order valence-electron chi connectivity index (χ1n) is 9.77. The summed E-state index contributed by atoms with van der Waals surface area (Å²) in [7, 11) is 0. The van der Waals surface area contributed by atoms with Gasteiger partial charge in [-0.15, -0.1) is 0 Å². The van der Waals surface area contributed by atoms with E-state index in [9.17, 15) is 14.4 Å². The summed E-state index contributed by atoms with van der Waals surface area (Å²) in [4.78, 5) is 35.5. The summed E-state index contributed by atoms with van der Waals surface area (Å²) in [6.45, 7) is 10.0. The highest BCUT2D eigenvalue weighted by molar-refractivity contribution is 5.91. The molecule has 1 atom stereocenters. The van der Waals surface area contributed by atoms with Crippen molar-refractivity contribution in [3.05, 3.63) is 35.4 Å². The van der Waals surface area contributed by atoms with E-state index in [0.29, 0.717) is 18.0 Å². The van der Waals surface area contributed by atoms with Crippen LogP contribution >= 0.6 is 0 Å². The first kappa shape index (κ1) is 23.5. The Morgan fingerprint density at radius 2 is 1.57 bits per heavy atom. The van der Waals surface area contributed by atoms with Crippen LogP contribution in [0.1, 0.15) is 63.4 Å². The lowest BCUT2D eigenvalue weighted by Gasteiger charge is -2.15. The van der Waals surface area contributed by atoms with Crippen LogP contribution in [0.25, 0.3) is 0 Å². The summed E-state index contributed by atoms with van der Waals surface area (Å²) < 4.78 is 5.07. The number of ether oxygens (including phenoxy) is 1. The summed E-state index contributed by atoms with van der Waals surface area (Å²) in [5.74, 6) is -0.274. The summed E-state index contributed by atoms with van der Waals surface area (Å²) in [5.41, 5.74) is 1.21. The van der Waals surface area contributed by atoms with E-state index >= 15 is 0 Å². The highest BCUT2D eigenvalue weighted by Gasteiger charge is 2.12. The molecule has 0 unspecified atom stereocenters. The van der Waals surface area contributed by atoms with E-state index in [1.807, 2.05) is 20.8 Å². The van der Waals surface area contributed by atoms with Gasteiger partial charge in [-0.1, -0.05) is 26.0 Å². The maximum Gasteiger partial charge on any atom is 0.338 e. The Bertz CT molecular complexity index is 642. The molecule has 0 bridgehead atoms. The van der Waals surface area contributed by atoms with Gasteiger partial charge in [-0.05, 0) is 57.2 Å². The molecule has 156 valence electrons. The topological polar surface area (TPSA) is 96.5 Å². The van der Waals surface area contributed by atoms with Crippen LogP contribution in [0.4, 0.5) is 4.79 Å². The van der Waals surface area contributed by atoms with E-state index in [1.54, 1.807) is 24.3 Å². The Morgan fingerprint density at radius 1 is 0.929 bits per heavy atom. The molecule has 0 radical (unpaired) electrons. The van der Waals surface area contributed by atoms with Crippen LogP contribution in [-0.4, -0.2) is 36.6 Å². The molecule has 0 aromatic heterocycles. The maximum absolute atomic E-state index is 12.1. The van der Waals surface area contributed by atoms with Crippen molar-refractivity contribution in [2.24, 2.45) is 5.92 Å². The fraction of sp³-hybridized carbons (Fsp3) is 0.571. The van der Waals surface area contributed by atoms with Gasteiger partial charge in [-0.3, -0.25) is 4.79 Å². The number of carbonyl (C=O) groups is 3. The number of urea groups is 1. The standard InChI is InChI=1S/C21H33N3O4/c1-14(2)6-7-16(5)24-19(25)13-28-20(26)18-10-8-17(9-11-18)12-22-21(27)23-15(3)4/h8-11,14-16H,6-7,12-13H2,1-5H3,(H,24,25)(H2,22,23,27)/t16-/m0/s1. The summed E-state index contributed by atoms with van der Waals surface area (Å²) in [5, 5.41) is 8.30. The van der Waals surface area contributed by atoms with E-state index < -0.39 is 5.97 Å². The number of nitrogens with one attached hydrogen (secondary N) is 3. The van der Waals surface area contributed by atoms with Crippen LogP contribution in [0.2, 0.25) is 0 Å². The van der Waals surface area contributed by atoms with Crippen molar-refractivity contribution >= 4 is 17.9 Å². The predicted molar refractivity (Wildman–Crippen MR) is 109 cm³/mol. The van der Waals surface area contributed by atoms with Crippen LogP contribution < -0.4 is 16.0 Å². The molecule has 0 saturated heterocycles. The second-order valence-corrected chi connectivity index (χ2v) is 7.69. The van der Waals surface area contributed by atoms with Crippen molar-refractivity contribution in [1.29, 1.82) is 0 Å². The van der Waals surface area contributed by atoms with Crippen LogP contribution in [0.5, 0.6) is 0 Å². The zero-order valence-corrected chi connectivity index (χ0v) is 17.5. The minimum Gasteiger partial charge on any atom is -0.452 e. The number of rotatable bonds is 10. The average molecular weight is 392 g/mol. The number of hydrogen-bond acceptors (Lipinski definition) is 4. The molecule has 0 saturated carbocycles. The number of esters is 1. The Kier molecular flexibility index (Phi) is 10.1. The smallest absolute Gasteiger partial charge is 0.338 e. The normalized spacial score (nSPS) is 11.8. The Labute approximate surface area is 167 Å². The molecule has 1 aromatic carbocycles. The lowest BCUT2D eigenvalue weighted by atomic mass is 10.0. The van der Waals surface area contributed by atoms with Gasteiger partial charge in [0.1, 0.15) is 0 Å². The van der Waals surface area contributed by atoms with Crippen molar-refractivity contribution in [2.45, 2.75) is 66.1 Å². The maximum atomic E-state index is 12.1. The summed E-state index contributed by atoms with van der Waals surface area (Å²) in [6, 6.07) is 6.57. The van der Waals surface area contributed by atoms with Gasteiger partial charge in [0.25, 0.3) is 5.91 Å². The highest BCUT2D eigenvalue weighted by atomic mass is 16.5. The SMILES string of the molecule is CC(C)CC[C@H](C)NC(=O)COC(=O)c1ccc(CNC(=O)NC(C)C)cc1. The molecule has 0 aliphatic heterocycles. The lowest BCUT2D eigenvalue weighted by Crippen LogP contribution is -2.39. The third-order valence-corrected chi connectivity index (χ3v) is 3.98. The molecule has 0 spiro atoms. The number of amides is 3. The van der Waals surface area contributed by atoms with E-state index in [4.69, 9.17) is 4.74 Å². The highest BCUT2D eigenvalue weighted by Crippen LogP contribution is 2.07. The van der Waals surface area contributed by atoms with Crippen LogP contribution in [0.3, 0.4) is 0 Å². The van der Waals surface area contributed by atoms with E-state index in [1.165, 1.54) is 0 Å². The lowest BCUT2D eigenvalue weighted by molar-refractivity contribution is -0.124. The van der Waals surface area contributed by atoms with Crippen LogP contribution in [0.15, 0.2) is 24.3 Å². The zero-order valence-electron chi connectivity index (χ0n) is 17.5. The molecule has 28 heavy (non-hydrogen) atoms. The minimum atomic E-state index is -0.554. The van der Waals surface area contributed by atoms with Crippen molar-refractivity contribution in [2.75, 3.05) is 6.61 Å². The van der Waals surface area contributed by atoms with E-state index in [0.717, 1.165) is 18.4 Å². The van der Waals surface area contributed by atoms with E-state index in [-0.39, 0.29) is 30.6 Å². The minimum absolute atomic E-state index is 0.0493. The monoisotopic (exact) mass is 391 g/mol. The molecule has 0 aliphatic carbocycles. The molecule has 7 heteroatoms. The predicted octanol–water partition coefficient (Wildman–Crippen LogP) is 2.99. The third-order valence-electron chi connectivity index (χ3n) is 3.98. The molecular formula is C21H33N3O4. The molecule has 7 nitrogen and oxygen atoms in total. The Hall–Kier alpha value is -2.57. The van der Waals surface area contributed by atoms with Crippen molar-refractivity contribution < 1.29 is 19.1 Å². The van der Waals surface area contributed by atoms with Crippen molar-refractivity contribution in [1.82, 2.24) is 16.0 Å². The van der Waals surface area contributed by atoms with Gasteiger partial charge in [-0.2, -0.15) is 0 Å². The van der Waals surface area contributed by atoms with Gasteiger partial charge < -0.3 is 20.7 Å². The van der Waals surface area contributed by atoms with Crippen molar-refractivity contribution in [3.8, 4) is 0 Å². The summed E-state index contributed by atoms with van der Waals surface area (Å²) in [6.07, 6.45) is 1.92. The largest absolute Gasteiger partial charge is 0.452 e.